The molecule has 0 saturated carbocycles. The molecule has 30 heavy (non-hydrogen) atoms. The van der Waals surface area contributed by atoms with Crippen LogP contribution in [0.1, 0.15) is 15.9 Å². The lowest BCUT2D eigenvalue weighted by Gasteiger charge is -2.04. The summed E-state index contributed by atoms with van der Waals surface area (Å²) in [5.74, 6) is -0.613. The van der Waals surface area contributed by atoms with Crippen LogP contribution in [0, 0.1) is 0 Å². The lowest BCUT2D eigenvalue weighted by molar-refractivity contribution is -0.141. The largest absolute Gasteiger partial charge is 0.497 e. The fraction of sp³-hybridized carbons (Fsp3) is 0.238. The number of benzene rings is 2. The van der Waals surface area contributed by atoms with Gasteiger partial charge in [0.15, 0.2) is 4.80 Å². The summed E-state index contributed by atoms with van der Waals surface area (Å²) in [5.41, 5.74) is 1.82. The molecule has 1 amide bonds. The van der Waals surface area contributed by atoms with Crippen molar-refractivity contribution in [1.29, 1.82) is 0 Å². The third kappa shape index (κ3) is 4.74. The average molecular weight is 428 g/mol. The van der Waals surface area contributed by atoms with Crippen molar-refractivity contribution >= 4 is 39.4 Å². The number of thiazole rings is 1. The van der Waals surface area contributed by atoms with Crippen LogP contribution in [0.3, 0.4) is 0 Å². The van der Waals surface area contributed by atoms with E-state index < -0.39 is 11.9 Å². The first-order valence-electron chi connectivity index (χ1n) is 8.94. The van der Waals surface area contributed by atoms with Gasteiger partial charge in [-0.3, -0.25) is 9.59 Å². The van der Waals surface area contributed by atoms with E-state index in [2.05, 4.69) is 4.99 Å². The predicted octanol–water partition coefficient (Wildman–Crippen LogP) is 2.34. The smallest absolute Gasteiger partial charge is 0.337 e. The van der Waals surface area contributed by atoms with E-state index in [1.807, 2.05) is 0 Å². The summed E-state index contributed by atoms with van der Waals surface area (Å²) in [5, 5.41) is 0. The maximum absolute atomic E-state index is 12.5. The van der Waals surface area contributed by atoms with Crippen molar-refractivity contribution < 1.29 is 28.6 Å². The fourth-order valence-corrected chi connectivity index (χ4v) is 3.90. The number of carbonyl (C=O) groups is 3. The van der Waals surface area contributed by atoms with E-state index in [9.17, 15) is 14.4 Å². The van der Waals surface area contributed by atoms with Gasteiger partial charge in [0, 0.05) is 0 Å². The van der Waals surface area contributed by atoms with Crippen LogP contribution in [0.2, 0.25) is 0 Å². The van der Waals surface area contributed by atoms with Crippen LogP contribution in [0.4, 0.5) is 0 Å². The third-order valence-corrected chi connectivity index (χ3v) is 5.39. The number of esters is 2. The number of fused-ring (bicyclic) bond motifs is 1. The number of aromatic nitrogens is 1. The number of rotatable bonds is 6. The molecule has 0 unspecified atom stereocenters. The highest BCUT2D eigenvalue weighted by atomic mass is 32.1. The van der Waals surface area contributed by atoms with Gasteiger partial charge in [-0.05, 0) is 35.9 Å². The highest BCUT2D eigenvalue weighted by Crippen LogP contribution is 2.20. The Hall–Kier alpha value is -3.46. The Bertz CT molecular complexity index is 1160. The van der Waals surface area contributed by atoms with E-state index >= 15 is 0 Å². The number of carbonyl (C=O) groups excluding carboxylic acids is 3. The molecular formula is C21H20N2O6S. The molecular weight excluding hydrogens is 408 g/mol. The molecule has 3 rings (SSSR count). The van der Waals surface area contributed by atoms with Crippen molar-refractivity contribution in [3.8, 4) is 5.75 Å². The van der Waals surface area contributed by atoms with Gasteiger partial charge in [-0.25, -0.2) is 4.79 Å². The van der Waals surface area contributed by atoms with Crippen LogP contribution in [-0.2, 0) is 32.0 Å². The number of ether oxygens (including phenoxy) is 3. The SMILES string of the molecule is COC(=O)Cn1c(=NC(=O)Cc2ccc(OC)cc2)sc2cc(C(=O)OC)ccc21. The zero-order valence-corrected chi connectivity index (χ0v) is 17.5. The van der Waals surface area contributed by atoms with Crippen LogP contribution in [-0.4, -0.2) is 43.7 Å². The molecule has 0 aliphatic carbocycles. The second-order valence-corrected chi connectivity index (χ2v) is 7.26. The Balaban J connectivity index is 2.00. The molecule has 0 aliphatic heterocycles. The summed E-state index contributed by atoms with van der Waals surface area (Å²) < 4.78 is 16.9. The summed E-state index contributed by atoms with van der Waals surface area (Å²) in [7, 11) is 4.16. The van der Waals surface area contributed by atoms with Crippen molar-refractivity contribution in [3.05, 3.63) is 58.4 Å². The van der Waals surface area contributed by atoms with Crippen molar-refractivity contribution in [3.63, 3.8) is 0 Å². The molecule has 156 valence electrons. The van der Waals surface area contributed by atoms with Gasteiger partial charge in [0.05, 0.1) is 43.5 Å². The molecule has 0 saturated heterocycles. The topological polar surface area (TPSA) is 96.2 Å². The molecule has 0 fully saturated rings. The molecule has 0 aliphatic rings. The van der Waals surface area contributed by atoms with Gasteiger partial charge in [-0.2, -0.15) is 4.99 Å². The van der Waals surface area contributed by atoms with Crippen molar-refractivity contribution in [2.75, 3.05) is 21.3 Å². The van der Waals surface area contributed by atoms with E-state index in [1.165, 1.54) is 25.6 Å². The summed E-state index contributed by atoms with van der Waals surface area (Å²) in [6.07, 6.45) is 0.101. The maximum atomic E-state index is 12.5. The zero-order chi connectivity index (χ0) is 21.7. The lowest BCUT2D eigenvalue weighted by atomic mass is 10.1. The summed E-state index contributed by atoms with van der Waals surface area (Å²) >= 11 is 1.20. The van der Waals surface area contributed by atoms with Gasteiger partial charge in [-0.1, -0.05) is 23.5 Å². The molecule has 2 aromatic carbocycles. The first kappa shape index (κ1) is 21.3. The van der Waals surface area contributed by atoms with E-state index in [-0.39, 0.29) is 18.9 Å². The van der Waals surface area contributed by atoms with Crippen molar-refractivity contribution in [2.24, 2.45) is 4.99 Å². The quantitative estimate of drug-likeness (QED) is 0.559. The van der Waals surface area contributed by atoms with Gasteiger partial charge >= 0.3 is 11.9 Å². The number of amides is 1. The maximum Gasteiger partial charge on any atom is 0.337 e. The standard InChI is InChI=1S/C21H20N2O6S/c1-27-15-7-4-13(5-8-15)10-18(24)22-21-23(12-19(25)28-2)16-9-6-14(20(26)29-3)11-17(16)30-21/h4-9,11H,10,12H2,1-3H3. The third-order valence-electron chi connectivity index (χ3n) is 4.35. The average Bonchev–Trinajstić information content (AvgIpc) is 3.09. The minimum Gasteiger partial charge on any atom is -0.497 e. The van der Waals surface area contributed by atoms with Gasteiger partial charge in [0.25, 0.3) is 5.91 Å². The second kappa shape index (κ2) is 9.36. The Morgan fingerprint density at radius 2 is 1.73 bits per heavy atom. The molecule has 9 heteroatoms. The summed E-state index contributed by atoms with van der Waals surface area (Å²) in [6.45, 7) is -0.108. The van der Waals surface area contributed by atoms with Crippen LogP contribution in [0.15, 0.2) is 47.5 Å². The van der Waals surface area contributed by atoms with Gasteiger partial charge in [-0.15, -0.1) is 0 Å². The van der Waals surface area contributed by atoms with Crippen LogP contribution < -0.4 is 9.54 Å². The summed E-state index contributed by atoms with van der Waals surface area (Å²) in [6, 6.07) is 12.1. The predicted molar refractivity (Wildman–Crippen MR) is 110 cm³/mol. The Morgan fingerprint density at radius 1 is 1.00 bits per heavy atom. The molecule has 3 aromatic rings. The van der Waals surface area contributed by atoms with Crippen LogP contribution in [0.25, 0.3) is 10.2 Å². The van der Waals surface area contributed by atoms with Crippen LogP contribution >= 0.6 is 11.3 Å². The highest BCUT2D eigenvalue weighted by molar-refractivity contribution is 7.16. The number of nitrogens with zero attached hydrogens (tertiary/aromatic N) is 2. The Labute approximate surface area is 176 Å². The molecule has 0 spiro atoms. The van der Waals surface area contributed by atoms with E-state index in [0.29, 0.717) is 26.3 Å². The minimum absolute atomic E-state index is 0.101. The molecule has 1 aromatic heterocycles. The van der Waals surface area contributed by atoms with E-state index in [4.69, 9.17) is 14.2 Å². The van der Waals surface area contributed by atoms with Crippen LogP contribution in [0.5, 0.6) is 5.75 Å². The number of hydrogen-bond acceptors (Lipinski definition) is 7. The van der Waals surface area contributed by atoms with Crippen molar-refractivity contribution in [2.45, 2.75) is 13.0 Å². The monoisotopic (exact) mass is 428 g/mol. The molecule has 0 atom stereocenters. The zero-order valence-electron chi connectivity index (χ0n) is 16.7. The van der Waals surface area contributed by atoms with Gasteiger partial charge in [0.1, 0.15) is 12.3 Å². The first-order chi connectivity index (χ1) is 14.4. The van der Waals surface area contributed by atoms with E-state index in [1.54, 1.807) is 54.1 Å². The lowest BCUT2D eigenvalue weighted by Crippen LogP contribution is -2.22. The molecule has 1 heterocycles. The number of hydrogen-bond donors (Lipinski definition) is 0. The van der Waals surface area contributed by atoms with Gasteiger partial charge in [0.2, 0.25) is 0 Å². The molecule has 0 N–H and O–H groups in total. The van der Waals surface area contributed by atoms with Gasteiger partial charge < -0.3 is 18.8 Å². The molecule has 0 radical (unpaired) electrons. The Morgan fingerprint density at radius 3 is 2.37 bits per heavy atom. The Kier molecular flexibility index (Phi) is 6.63. The fourth-order valence-electron chi connectivity index (χ4n) is 2.81. The van der Waals surface area contributed by atoms with E-state index in [0.717, 1.165) is 5.56 Å². The highest BCUT2D eigenvalue weighted by Gasteiger charge is 2.14. The molecule has 8 nitrogen and oxygen atoms in total. The summed E-state index contributed by atoms with van der Waals surface area (Å²) in [4.78, 5) is 40.8. The minimum atomic E-state index is -0.476. The van der Waals surface area contributed by atoms with Crippen molar-refractivity contribution in [1.82, 2.24) is 4.57 Å². The number of methoxy groups -OCH3 is 3. The second-order valence-electron chi connectivity index (χ2n) is 6.25. The molecule has 0 bridgehead atoms. The normalized spacial score (nSPS) is 11.4. The first-order valence-corrected chi connectivity index (χ1v) is 9.75.